The van der Waals surface area contributed by atoms with Crippen LogP contribution in [0.3, 0.4) is 0 Å². The standard InChI is InChI=1S/C16H9NO4/c18-13(10-4-2-1-3-5-10)11-6-8-17(9-7-11)12-14(19)16(21)15(12)20/h1-9H. The molecule has 0 unspecified atom stereocenters. The van der Waals surface area contributed by atoms with Crippen molar-refractivity contribution in [3.05, 3.63) is 86.4 Å². The molecule has 5 heteroatoms. The number of hydrogen-bond donors (Lipinski definition) is 0. The van der Waals surface area contributed by atoms with Crippen LogP contribution in [0.25, 0.3) is 5.69 Å². The van der Waals surface area contributed by atoms with Gasteiger partial charge in [-0.25, -0.2) is 0 Å². The summed E-state index contributed by atoms with van der Waals surface area (Å²) in [6.07, 6.45) is 2.85. The van der Waals surface area contributed by atoms with Crippen LogP contribution < -0.4 is 20.5 Å². The molecule has 0 aliphatic carbocycles. The van der Waals surface area contributed by atoms with Gasteiger partial charge in [-0.05, 0) is 0 Å². The van der Waals surface area contributed by atoms with Crippen molar-refractivity contribution in [3.8, 4) is 11.4 Å². The third kappa shape index (κ3) is 2.04. The van der Waals surface area contributed by atoms with E-state index in [2.05, 4.69) is 0 Å². The fraction of sp³-hybridized carbons (Fsp3) is 0. The Morgan fingerprint density at radius 3 is 2.00 bits per heavy atom. The average molecular weight is 279 g/mol. The van der Waals surface area contributed by atoms with Gasteiger partial charge in [-0.3, -0.25) is 14.4 Å². The zero-order valence-electron chi connectivity index (χ0n) is 10.8. The van der Waals surface area contributed by atoms with Crippen LogP contribution in [-0.4, -0.2) is 5.78 Å². The predicted octanol–water partition coefficient (Wildman–Crippen LogP) is -0.136. The molecule has 0 fully saturated rings. The van der Waals surface area contributed by atoms with Crippen LogP contribution in [-0.2, 0) is 0 Å². The summed E-state index contributed by atoms with van der Waals surface area (Å²) < 4.78 is 1.26. The van der Waals surface area contributed by atoms with Crippen LogP contribution in [0.4, 0.5) is 0 Å². The van der Waals surface area contributed by atoms with Crippen molar-refractivity contribution in [1.29, 1.82) is 0 Å². The number of carbonyl (C=O) groups is 1. The van der Waals surface area contributed by atoms with E-state index in [0.717, 1.165) is 0 Å². The Morgan fingerprint density at radius 2 is 1.43 bits per heavy atom. The zero-order valence-corrected chi connectivity index (χ0v) is 10.8. The molecule has 0 atom stereocenters. The summed E-state index contributed by atoms with van der Waals surface area (Å²) in [5.41, 5.74) is -0.995. The molecule has 1 aromatic heterocycles. The molecule has 102 valence electrons. The van der Waals surface area contributed by atoms with Crippen molar-refractivity contribution in [2.45, 2.75) is 0 Å². The normalized spacial score (nSPS) is 10.7. The first kappa shape index (κ1) is 12.9. The molecule has 0 bridgehead atoms. The van der Waals surface area contributed by atoms with Gasteiger partial charge in [0.25, 0.3) is 11.1 Å². The lowest BCUT2D eigenvalue weighted by atomic mass is 10.0. The molecule has 3 rings (SSSR count). The molecule has 2 aromatic carbocycles. The first-order valence-corrected chi connectivity index (χ1v) is 6.21. The minimum Gasteiger partial charge on any atom is -0.865 e. The van der Waals surface area contributed by atoms with Crippen LogP contribution in [0.5, 0.6) is 5.75 Å². The van der Waals surface area contributed by atoms with Gasteiger partial charge in [-0.2, -0.15) is 4.57 Å². The van der Waals surface area contributed by atoms with Crippen LogP contribution in [0.15, 0.2) is 64.4 Å². The third-order valence-corrected chi connectivity index (χ3v) is 3.23. The monoisotopic (exact) mass is 279 g/mol. The Balaban J connectivity index is 1.94. The van der Waals surface area contributed by atoms with Crippen LogP contribution in [0, 0.1) is 0 Å². The lowest BCUT2D eigenvalue weighted by Gasteiger charge is -2.08. The first-order valence-electron chi connectivity index (χ1n) is 6.21. The average Bonchev–Trinajstić information content (AvgIpc) is 2.55. The SMILES string of the molecule is O=C(c1ccccc1)c1cc[n+](-c2c([O-])c(=O)c2=O)cc1. The van der Waals surface area contributed by atoms with Gasteiger partial charge in [0.2, 0.25) is 5.43 Å². The van der Waals surface area contributed by atoms with E-state index in [9.17, 15) is 19.5 Å². The maximum Gasteiger partial charge on any atom is 0.296 e. The Morgan fingerprint density at radius 1 is 0.857 bits per heavy atom. The van der Waals surface area contributed by atoms with E-state index in [0.29, 0.717) is 11.1 Å². The molecule has 0 N–H and O–H groups in total. The van der Waals surface area contributed by atoms with E-state index >= 15 is 0 Å². The molecule has 21 heavy (non-hydrogen) atoms. The second-order valence-corrected chi connectivity index (χ2v) is 4.53. The highest BCUT2D eigenvalue weighted by molar-refractivity contribution is 6.08. The molecule has 0 saturated carbocycles. The minimum atomic E-state index is -0.998. The van der Waals surface area contributed by atoms with Gasteiger partial charge in [0.1, 0.15) is 0 Å². The summed E-state index contributed by atoms with van der Waals surface area (Å²) in [4.78, 5) is 34.4. The Hall–Kier alpha value is -3.08. The summed E-state index contributed by atoms with van der Waals surface area (Å²) in [5, 5.41) is 11.3. The lowest BCUT2D eigenvalue weighted by molar-refractivity contribution is -0.602. The predicted molar refractivity (Wildman–Crippen MR) is 72.2 cm³/mol. The molecule has 0 saturated heterocycles. The van der Waals surface area contributed by atoms with Crippen molar-refractivity contribution in [2.24, 2.45) is 0 Å². The fourth-order valence-electron chi connectivity index (χ4n) is 2.08. The summed E-state index contributed by atoms with van der Waals surface area (Å²) in [5.74, 6) is -0.956. The highest BCUT2D eigenvalue weighted by Gasteiger charge is 2.22. The number of carbonyl (C=O) groups excluding carboxylic acids is 1. The van der Waals surface area contributed by atoms with E-state index in [-0.39, 0.29) is 11.5 Å². The van der Waals surface area contributed by atoms with Gasteiger partial charge in [0.15, 0.2) is 18.2 Å². The van der Waals surface area contributed by atoms with Gasteiger partial charge in [0, 0.05) is 29.0 Å². The number of benzene rings is 1. The van der Waals surface area contributed by atoms with Crippen LogP contribution in [0.1, 0.15) is 15.9 Å². The summed E-state index contributed by atoms with van der Waals surface area (Å²) >= 11 is 0. The maximum absolute atomic E-state index is 12.2. The fourth-order valence-corrected chi connectivity index (χ4v) is 2.08. The Kier molecular flexibility index (Phi) is 2.95. The number of ketones is 1. The third-order valence-electron chi connectivity index (χ3n) is 3.23. The van der Waals surface area contributed by atoms with Gasteiger partial charge in [-0.1, -0.05) is 30.3 Å². The number of hydrogen-bond acceptors (Lipinski definition) is 4. The van der Waals surface area contributed by atoms with E-state index in [1.54, 1.807) is 24.3 Å². The van der Waals surface area contributed by atoms with E-state index in [1.807, 2.05) is 6.07 Å². The van der Waals surface area contributed by atoms with E-state index in [1.165, 1.54) is 29.1 Å². The Labute approximate surface area is 119 Å². The van der Waals surface area contributed by atoms with Crippen molar-refractivity contribution in [3.63, 3.8) is 0 Å². The van der Waals surface area contributed by atoms with Gasteiger partial charge >= 0.3 is 0 Å². The highest BCUT2D eigenvalue weighted by Crippen LogP contribution is 2.09. The van der Waals surface area contributed by atoms with Gasteiger partial charge in [-0.15, -0.1) is 0 Å². The lowest BCUT2D eigenvalue weighted by Crippen LogP contribution is -2.49. The summed E-state index contributed by atoms with van der Waals surface area (Å²) in [6, 6.07) is 11.8. The molecule has 0 spiro atoms. The molecule has 5 nitrogen and oxygen atoms in total. The summed E-state index contributed by atoms with van der Waals surface area (Å²) in [7, 11) is 0. The first-order chi connectivity index (χ1) is 10.1. The van der Waals surface area contributed by atoms with Gasteiger partial charge < -0.3 is 5.11 Å². The molecule has 0 amide bonds. The number of pyridine rings is 1. The molecule has 3 aromatic rings. The quantitative estimate of drug-likeness (QED) is 0.380. The van der Waals surface area contributed by atoms with Crippen LogP contribution >= 0.6 is 0 Å². The van der Waals surface area contributed by atoms with Crippen molar-refractivity contribution < 1.29 is 14.5 Å². The Bertz CT molecular complexity index is 888. The molecule has 0 radical (unpaired) electrons. The molecule has 0 aliphatic heterocycles. The number of nitrogens with zero attached hydrogens (tertiary/aromatic N) is 1. The highest BCUT2D eigenvalue weighted by atomic mass is 16.3. The van der Waals surface area contributed by atoms with Crippen molar-refractivity contribution in [1.82, 2.24) is 0 Å². The second-order valence-electron chi connectivity index (χ2n) is 4.53. The molecule has 0 aliphatic rings. The maximum atomic E-state index is 12.2. The van der Waals surface area contributed by atoms with E-state index in [4.69, 9.17) is 0 Å². The largest absolute Gasteiger partial charge is 0.865 e. The van der Waals surface area contributed by atoms with Crippen LogP contribution in [0.2, 0.25) is 0 Å². The molecular weight excluding hydrogens is 270 g/mol. The zero-order chi connectivity index (χ0) is 15.0. The second kappa shape index (κ2) is 4.79. The topological polar surface area (TPSA) is 78.2 Å². The van der Waals surface area contributed by atoms with E-state index < -0.39 is 16.6 Å². The minimum absolute atomic E-state index is 0.157. The molecular formula is C16H9NO4. The van der Waals surface area contributed by atoms with Gasteiger partial charge in [0.05, 0.1) is 0 Å². The summed E-state index contributed by atoms with van der Waals surface area (Å²) in [6.45, 7) is 0. The smallest absolute Gasteiger partial charge is 0.296 e. The number of aromatic nitrogens is 1. The van der Waals surface area contributed by atoms with Crippen molar-refractivity contribution >= 4 is 5.78 Å². The molecule has 1 heterocycles. The number of rotatable bonds is 3. The van der Waals surface area contributed by atoms with Crippen molar-refractivity contribution in [2.75, 3.05) is 0 Å².